The number of hydrogen-bond acceptors (Lipinski definition) is 4. The summed E-state index contributed by atoms with van der Waals surface area (Å²) in [5.74, 6) is -0.892. The van der Waals surface area contributed by atoms with Crippen LogP contribution in [0.15, 0.2) is 65.1 Å². The second-order valence-electron chi connectivity index (χ2n) is 7.58. The third kappa shape index (κ3) is 5.90. The summed E-state index contributed by atoms with van der Waals surface area (Å²) in [7, 11) is 3.80. The maximum atomic E-state index is 12.8. The number of pyridine rings is 1. The van der Waals surface area contributed by atoms with Gasteiger partial charge in [-0.3, -0.25) is 14.4 Å². The zero-order valence-electron chi connectivity index (χ0n) is 17.9. The molecule has 0 unspecified atom stereocenters. The third-order valence-electron chi connectivity index (χ3n) is 4.70. The van der Waals surface area contributed by atoms with Crippen LogP contribution in [-0.4, -0.2) is 48.9 Å². The average Bonchev–Trinajstić information content (AvgIpc) is 2.74. The molecule has 3 N–H and O–H groups in total. The minimum atomic E-state index is -0.463. The van der Waals surface area contributed by atoms with Crippen molar-refractivity contribution in [2.75, 3.05) is 27.2 Å². The number of H-pyrrole nitrogens is 1. The highest BCUT2D eigenvalue weighted by Crippen LogP contribution is 2.14. The summed E-state index contributed by atoms with van der Waals surface area (Å²) >= 11 is 0. The van der Waals surface area contributed by atoms with Crippen LogP contribution in [0.1, 0.15) is 21.5 Å². The van der Waals surface area contributed by atoms with Crippen LogP contribution in [0.5, 0.6) is 0 Å². The first-order valence-electron chi connectivity index (χ1n) is 9.98. The zero-order chi connectivity index (χ0) is 22.4. The van der Waals surface area contributed by atoms with Gasteiger partial charge in [0.15, 0.2) is 0 Å². The normalized spacial score (nSPS) is 11.5. The van der Waals surface area contributed by atoms with Gasteiger partial charge in [0, 0.05) is 29.7 Å². The van der Waals surface area contributed by atoms with Crippen molar-refractivity contribution in [2.24, 2.45) is 0 Å². The Morgan fingerprint density at radius 3 is 2.52 bits per heavy atom. The number of fused-ring (bicyclic) bond motifs is 1. The van der Waals surface area contributed by atoms with Gasteiger partial charge in [0.05, 0.1) is 0 Å². The quantitative estimate of drug-likeness (QED) is 0.513. The molecule has 7 heteroatoms. The maximum Gasteiger partial charge on any atom is 0.267 e. The molecule has 7 nitrogen and oxygen atoms in total. The molecule has 0 bridgehead atoms. The standard InChI is InChI=1S/C24H26N4O3/c1-16-9-10-18-14-19(23(30)26-20(18)13-16)15-21(24(31)25-11-12-28(2)3)27-22(29)17-7-5-4-6-8-17/h4-10,13-15H,11-12H2,1-3H3,(H,25,31)(H,26,30)(H,27,29). The van der Waals surface area contributed by atoms with Gasteiger partial charge in [-0.05, 0) is 62.3 Å². The summed E-state index contributed by atoms with van der Waals surface area (Å²) in [6.45, 7) is 2.99. The number of likely N-dealkylation sites (N-methyl/N-ethyl adjacent to an activating group) is 1. The van der Waals surface area contributed by atoms with E-state index >= 15 is 0 Å². The lowest BCUT2D eigenvalue weighted by molar-refractivity contribution is -0.117. The van der Waals surface area contributed by atoms with E-state index in [0.717, 1.165) is 10.9 Å². The highest BCUT2D eigenvalue weighted by atomic mass is 16.2. The van der Waals surface area contributed by atoms with E-state index in [4.69, 9.17) is 0 Å². The molecule has 0 aliphatic rings. The summed E-state index contributed by atoms with van der Waals surface area (Å²) in [6.07, 6.45) is 1.41. The van der Waals surface area contributed by atoms with Crippen molar-refractivity contribution in [1.82, 2.24) is 20.5 Å². The SMILES string of the molecule is Cc1ccc2cc(C=C(NC(=O)c3ccccc3)C(=O)NCCN(C)C)c(=O)[nH]c2c1. The van der Waals surface area contributed by atoms with E-state index in [-0.39, 0.29) is 16.8 Å². The van der Waals surface area contributed by atoms with Crippen LogP contribution in [0.4, 0.5) is 0 Å². The van der Waals surface area contributed by atoms with Gasteiger partial charge in [-0.25, -0.2) is 0 Å². The van der Waals surface area contributed by atoms with Crippen molar-refractivity contribution in [3.63, 3.8) is 0 Å². The lowest BCUT2D eigenvalue weighted by atomic mass is 10.1. The number of aryl methyl sites for hydroxylation is 1. The molecule has 0 atom stereocenters. The van der Waals surface area contributed by atoms with Crippen molar-refractivity contribution >= 4 is 28.8 Å². The molecule has 2 amide bonds. The lowest BCUT2D eigenvalue weighted by Gasteiger charge is -2.13. The van der Waals surface area contributed by atoms with E-state index in [1.54, 1.807) is 36.4 Å². The van der Waals surface area contributed by atoms with Gasteiger partial charge in [-0.1, -0.05) is 30.3 Å². The van der Waals surface area contributed by atoms with E-state index in [1.165, 1.54) is 6.08 Å². The number of carbonyl (C=O) groups excluding carboxylic acids is 2. The molecule has 1 heterocycles. The van der Waals surface area contributed by atoms with E-state index in [1.807, 2.05) is 44.1 Å². The predicted molar refractivity (Wildman–Crippen MR) is 123 cm³/mol. The summed E-state index contributed by atoms with van der Waals surface area (Å²) in [5.41, 5.74) is 2.10. The van der Waals surface area contributed by atoms with Gasteiger partial charge in [0.2, 0.25) is 0 Å². The first-order valence-corrected chi connectivity index (χ1v) is 9.98. The molecule has 3 aromatic rings. The first kappa shape index (κ1) is 22.0. The van der Waals surface area contributed by atoms with Gasteiger partial charge in [0.25, 0.3) is 17.4 Å². The Kier molecular flexibility index (Phi) is 6.99. The van der Waals surface area contributed by atoms with Crippen LogP contribution in [0.25, 0.3) is 17.0 Å². The van der Waals surface area contributed by atoms with E-state index in [9.17, 15) is 14.4 Å². The Balaban J connectivity index is 1.95. The summed E-state index contributed by atoms with van der Waals surface area (Å²) in [6, 6.07) is 16.0. The number of aromatic nitrogens is 1. The Morgan fingerprint density at radius 1 is 1.06 bits per heavy atom. The van der Waals surface area contributed by atoms with E-state index in [0.29, 0.717) is 24.2 Å². The van der Waals surface area contributed by atoms with Gasteiger partial charge >= 0.3 is 0 Å². The molecule has 0 radical (unpaired) electrons. The van der Waals surface area contributed by atoms with Gasteiger partial charge < -0.3 is 20.5 Å². The predicted octanol–water partition coefficient (Wildman–Crippen LogP) is 2.29. The fourth-order valence-corrected chi connectivity index (χ4v) is 3.03. The van der Waals surface area contributed by atoms with Crippen molar-refractivity contribution in [3.05, 3.63) is 87.3 Å². The summed E-state index contributed by atoms with van der Waals surface area (Å²) in [4.78, 5) is 42.8. The Hall–Kier alpha value is -3.71. The fourth-order valence-electron chi connectivity index (χ4n) is 3.03. The monoisotopic (exact) mass is 418 g/mol. The molecule has 1 aromatic heterocycles. The number of hydrogen-bond donors (Lipinski definition) is 3. The Bertz CT molecular complexity index is 1180. The summed E-state index contributed by atoms with van der Waals surface area (Å²) in [5, 5.41) is 6.26. The van der Waals surface area contributed by atoms with Gasteiger partial charge in [-0.15, -0.1) is 0 Å². The molecule has 0 aliphatic carbocycles. The van der Waals surface area contributed by atoms with Gasteiger partial charge in [0.1, 0.15) is 5.70 Å². The van der Waals surface area contributed by atoms with Crippen LogP contribution in [0.2, 0.25) is 0 Å². The van der Waals surface area contributed by atoms with Crippen LogP contribution in [-0.2, 0) is 4.79 Å². The number of benzene rings is 2. The second kappa shape index (κ2) is 9.86. The number of rotatable bonds is 7. The molecule has 2 aromatic carbocycles. The third-order valence-corrected chi connectivity index (χ3v) is 4.70. The van der Waals surface area contributed by atoms with Gasteiger partial charge in [-0.2, -0.15) is 0 Å². The smallest absolute Gasteiger partial charge is 0.267 e. The molecule has 31 heavy (non-hydrogen) atoms. The number of carbonyl (C=O) groups is 2. The molecule has 0 fully saturated rings. The second-order valence-corrected chi connectivity index (χ2v) is 7.58. The molecular weight excluding hydrogens is 392 g/mol. The number of nitrogens with one attached hydrogen (secondary N) is 3. The van der Waals surface area contributed by atoms with Crippen LogP contribution in [0, 0.1) is 6.92 Å². The Morgan fingerprint density at radius 2 is 1.81 bits per heavy atom. The Labute approximate surface area is 180 Å². The molecular formula is C24H26N4O3. The highest BCUT2D eigenvalue weighted by molar-refractivity contribution is 6.05. The minimum Gasteiger partial charge on any atom is -0.349 e. The zero-order valence-corrected chi connectivity index (χ0v) is 17.9. The highest BCUT2D eigenvalue weighted by Gasteiger charge is 2.15. The lowest BCUT2D eigenvalue weighted by Crippen LogP contribution is -2.38. The molecule has 3 rings (SSSR count). The topological polar surface area (TPSA) is 94.3 Å². The number of nitrogens with zero attached hydrogens (tertiary/aromatic N) is 1. The largest absolute Gasteiger partial charge is 0.349 e. The number of amides is 2. The van der Waals surface area contributed by atoms with Crippen LogP contribution >= 0.6 is 0 Å². The van der Waals surface area contributed by atoms with Crippen LogP contribution < -0.4 is 16.2 Å². The molecule has 0 saturated carbocycles. The van der Waals surface area contributed by atoms with Crippen molar-refractivity contribution in [3.8, 4) is 0 Å². The molecule has 0 saturated heterocycles. The van der Waals surface area contributed by atoms with E-state index < -0.39 is 11.8 Å². The van der Waals surface area contributed by atoms with Crippen molar-refractivity contribution < 1.29 is 9.59 Å². The van der Waals surface area contributed by atoms with Crippen molar-refractivity contribution in [2.45, 2.75) is 6.92 Å². The maximum absolute atomic E-state index is 12.8. The molecule has 0 aliphatic heterocycles. The fraction of sp³-hybridized carbons (Fsp3) is 0.208. The first-order chi connectivity index (χ1) is 14.8. The number of aromatic amines is 1. The molecule has 0 spiro atoms. The van der Waals surface area contributed by atoms with Crippen LogP contribution in [0.3, 0.4) is 0 Å². The average molecular weight is 418 g/mol. The molecule has 160 valence electrons. The van der Waals surface area contributed by atoms with E-state index in [2.05, 4.69) is 15.6 Å². The minimum absolute atomic E-state index is 0.00423. The summed E-state index contributed by atoms with van der Waals surface area (Å²) < 4.78 is 0. The van der Waals surface area contributed by atoms with Crippen molar-refractivity contribution in [1.29, 1.82) is 0 Å².